The summed E-state index contributed by atoms with van der Waals surface area (Å²) in [5, 5.41) is 4.61. The first-order chi connectivity index (χ1) is 11.0. The zero-order valence-corrected chi connectivity index (χ0v) is 13.8. The average Bonchev–Trinajstić information content (AvgIpc) is 2.58. The third kappa shape index (κ3) is 4.23. The lowest BCUT2D eigenvalue weighted by atomic mass is 10.1. The molecule has 0 aromatic heterocycles. The fourth-order valence-corrected chi connectivity index (χ4v) is 2.15. The lowest BCUT2D eigenvalue weighted by Gasteiger charge is -2.09. The van der Waals surface area contributed by atoms with E-state index < -0.39 is 0 Å². The Hall–Kier alpha value is -2.53. The highest BCUT2D eigenvalue weighted by molar-refractivity contribution is 6.30. The second-order valence-corrected chi connectivity index (χ2v) is 5.15. The molecule has 5 nitrogen and oxygen atoms in total. The Morgan fingerprint density at radius 3 is 2.43 bits per heavy atom. The van der Waals surface area contributed by atoms with Crippen LogP contribution in [0, 0.1) is 0 Å². The number of nitrogens with one attached hydrogen (secondary N) is 1. The van der Waals surface area contributed by atoms with E-state index in [0.717, 1.165) is 5.56 Å². The molecule has 0 spiro atoms. The van der Waals surface area contributed by atoms with E-state index in [0.29, 0.717) is 27.8 Å². The first kappa shape index (κ1) is 16.8. The second kappa shape index (κ2) is 7.65. The molecule has 2 rings (SSSR count). The number of methoxy groups -OCH3 is 2. The number of ether oxygens (including phenoxy) is 2. The number of amides is 1. The Morgan fingerprint density at radius 1 is 1.04 bits per heavy atom. The van der Waals surface area contributed by atoms with Crippen molar-refractivity contribution >= 4 is 23.2 Å². The van der Waals surface area contributed by atoms with E-state index in [1.807, 2.05) is 6.07 Å². The van der Waals surface area contributed by atoms with Crippen molar-refractivity contribution in [2.24, 2.45) is 5.10 Å². The summed E-state index contributed by atoms with van der Waals surface area (Å²) >= 11 is 5.87. The first-order valence-electron chi connectivity index (χ1n) is 6.87. The van der Waals surface area contributed by atoms with Gasteiger partial charge in [-0.05, 0) is 43.3 Å². The molecule has 0 saturated heterocycles. The lowest BCUT2D eigenvalue weighted by molar-refractivity contribution is 0.0955. The highest BCUT2D eigenvalue weighted by Crippen LogP contribution is 2.27. The second-order valence-electron chi connectivity index (χ2n) is 4.72. The van der Waals surface area contributed by atoms with Crippen LogP contribution in [-0.4, -0.2) is 25.8 Å². The van der Waals surface area contributed by atoms with Crippen LogP contribution in [0.4, 0.5) is 0 Å². The summed E-state index contributed by atoms with van der Waals surface area (Å²) in [6.45, 7) is 1.79. The van der Waals surface area contributed by atoms with Gasteiger partial charge < -0.3 is 9.47 Å². The number of hydrazone groups is 1. The fraction of sp³-hybridized carbons (Fsp3) is 0.176. The van der Waals surface area contributed by atoms with Crippen molar-refractivity contribution in [1.29, 1.82) is 0 Å². The smallest absolute Gasteiger partial charge is 0.271 e. The van der Waals surface area contributed by atoms with Gasteiger partial charge in [0, 0.05) is 16.1 Å². The Bertz CT molecular complexity index is 744. The van der Waals surface area contributed by atoms with Crippen LogP contribution in [0.3, 0.4) is 0 Å². The van der Waals surface area contributed by atoms with E-state index in [-0.39, 0.29) is 5.91 Å². The number of nitrogens with zero attached hydrogens (tertiary/aromatic N) is 1. The predicted molar refractivity (Wildman–Crippen MR) is 90.7 cm³/mol. The first-order valence-corrected chi connectivity index (χ1v) is 7.25. The molecule has 0 saturated carbocycles. The van der Waals surface area contributed by atoms with Gasteiger partial charge in [0.05, 0.1) is 19.9 Å². The maximum absolute atomic E-state index is 12.0. The van der Waals surface area contributed by atoms with Gasteiger partial charge in [-0.2, -0.15) is 5.10 Å². The number of carbonyl (C=O) groups excluding carboxylic acids is 1. The fourth-order valence-electron chi connectivity index (χ4n) is 1.95. The third-order valence-corrected chi connectivity index (χ3v) is 3.45. The molecule has 0 fully saturated rings. The van der Waals surface area contributed by atoms with Crippen LogP contribution in [0.15, 0.2) is 47.6 Å². The molecular weight excluding hydrogens is 316 g/mol. The van der Waals surface area contributed by atoms with Gasteiger partial charge in [0.1, 0.15) is 0 Å². The Morgan fingerprint density at radius 2 is 1.78 bits per heavy atom. The summed E-state index contributed by atoms with van der Waals surface area (Å²) in [5.74, 6) is 0.903. The SMILES string of the molecule is COc1ccc(/C(C)=N/NC(=O)c2cccc(Cl)c2)cc1OC. The van der Waals surface area contributed by atoms with Crippen LogP contribution in [0.25, 0.3) is 0 Å². The van der Waals surface area contributed by atoms with Crippen LogP contribution < -0.4 is 14.9 Å². The van der Waals surface area contributed by atoms with Crippen LogP contribution in [0.1, 0.15) is 22.8 Å². The summed E-state index contributed by atoms with van der Waals surface area (Å²) < 4.78 is 10.4. The van der Waals surface area contributed by atoms with E-state index in [4.69, 9.17) is 21.1 Å². The number of carbonyl (C=O) groups is 1. The van der Waals surface area contributed by atoms with Gasteiger partial charge in [0.15, 0.2) is 11.5 Å². The summed E-state index contributed by atoms with van der Waals surface area (Å²) in [6.07, 6.45) is 0. The van der Waals surface area contributed by atoms with Crippen LogP contribution in [0.5, 0.6) is 11.5 Å². The molecule has 0 aliphatic rings. The van der Waals surface area contributed by atoms with Gasteiger partial charge in [-0.3, -0.25) is 4.79 Å². The van der Waals surface area contributed by atoms with Crippen molar-refractivity contribution in [1.82, 2.24) is 5.43 Å². The van der Waals surface area contributed by atoms with Crippen molar-refractivity contribution in [3.63, 3.8) is 0 Å². The highest BCUT2D eigenvalue weighted by Gasteiger charge is 2.08. The average molecular weight is 333 g/mol. The van der Waals surface area contributed by atoms with Gasteiger partial charge in [0.2, 0.25) is 0 Å². The maximum Gasteiger partial charge on any atom is 0.271 e. The molecule has 23 heavy (non-hydrogen) atoms. The molecule has 0 atom stereocenters. The van der Waals surface area contributed by atoms with Crippen LogP contribution >= 0.6 is 11.6 Å². The molecule has 2 aromatic rings. The van der Waals surface area contributed by atoms with E-state index in [1.54, 1.807) is 57.5 Å². The Balaban J connectivity index is 2.15. The third-order valence-electron chi connectivity index (χ3n) is 3.21. The molecule has 0 radical (unpaired) electrons. The quantitative estimate of drug-likeness (QED) is 0.673. The molecule has 0 bridgehead atoms. The minimum absolute atomic E-state index is 0.327. The number of hydrogen-bond acceptors (Lipinski definition) is 4. The summed E-state index contributed by atoms with van der Waals surface area (Å²) in [5.41, 5.74) is 4.41. The van der Waals surface area contributed by atoms with Gasteiger partial charge >= 0.3 is 0 Å². The number of halogens is 1. The molecule has 120 valence electrons. The van der Waals surface area contributed by atoms with Crippen molar-refractivity contribution < 1.29 is 14.3 Å². The summed E-state index contributed by atoms with van der Waals surface area (Å²) in [7, 11) is 3.14. The molecule has 0 heterocycles. The number of benzene rings is 2. The standard InChI is InChI=1S/C17H17ClN2O3/c1-11(12-7-8-15(22-2)16(10-12)23-3)19-20-17(21)13-5-4-6-14(18)9-13/h4-10H,1-3H3,(H,20,21)/b19-11+. The Labute approximate surface area is 139 Å². The van der Waals surface area contributed by atoms with Crippen LogP contribution in [0.2, 0.25) is 5.02 Å². The van der Waals surface area contributed by atoms with Crippen LogP contribution in [-0.2, 0) is 0 Å². The monoisotopic (exact) mass is 332 g/mol. The Kier molecular flexibility index (Phi) is 5.60. The van der Waals surface area contributed by atoms with E-state index in [9.17, 15) is 4.79 Å². The van der Waals surface area contributed by atoms with Gasteiger partial charge in [-0.25, -0.2) is 5.43 Å². The molecule has 2 aromatic carbocycles. The van der Waals surface area contributed by atoms with Crippen molar-refractivity contribution in [2.45, 2.75) is 6.92 Å². The highest BCUT2D eigenvalue weighted by atomic mass is 35.5. The van der Waals surface area contributed by atoms with Crippen molar-refractivity contribution in [3.8, 4) is 11.5 Å². The molecule has 0 aliphatic carbocycles. The van der Waals surface area contributed by atoms with E-state index in [2.05, 4.69) is 10.5 Å². The topological polar surface area (TPSA) is 59.9 Å². The molecule has 1 amide bonds. The maximum atomic E-state index is 12.0. The van der Waals surface area contributed by atoms with Crippen molar-refractivity contribution in [3.05, 3.63) is 58.6 Å². The molecular formula is C17H17ClN2O3. The van der Waals surface area contributed by atoms with Gasteiger partial charge in [0.25, 0.3) is 5.91 Å². The lowest BCUT2D eigenvalue weighted by Crippen LogP contribution is -2.19. The van der Waals surface area contributed by atoms with Gasteiger partial charge in [-0.15, -0.1) is 0 Å². The predicted octanol–water partition coefficient (Wildman–Crippen LogP) is 3.51. The number of hydrogen-bond donors (Lipinski definition) is 1. The van der Waals surface area contributed by atoms with Gasteiger partial charge in [-0.1, -0.05) is 17.7 Å². The number of rotatable bonds is 5. The minimum Gasteiger partial charge on any atom is -0.493 e. The summed E-state index contributed by atoms with van der Waals surface area (Å²) in [4.78, 5) is 12.0. The van der Waals surface area contributed by atoms with E-state index in [1.165, 1.54) is 0 Å². The summed E-state index contributed by atoms with van der Waals surface area (Å²) in [6, 6.07) is 12.1. The zero-order chi connectivity index (χ0) is 16.8. The molecule has 6 heteroatoms. The van der Waals surface area contributed by atoms with E-state index >= 15 is 0 Å². The zero-order valence-electron chi connectivity index (χ0n) is 13.1. The normalized spacial score (nSPS) is 11.0. The van der Waals surface area contributed by atoms with Crippen molar-refractivity contribution in [2.75, 3.05) is 14.2 Å². The molecule has 0 aliphatic heterocycles. The molecule has 0 unspecified atom stereocenters. The minimum atomic E-state index is -0.327. The largest absolute Gasteiger partial charge is 0.493 e. The molecule has 1 N–H and O–H groups in total.